The van der Waals surface area contributed by atoms with Crippen LogP contribution in [-0.2, 0) is 5.41 Å². The quantitative estimate of drug-likeness (QED) is 0.660. The number of hydrogen-bond donors (Lipinski definition) is 0. The monoisotopic (exact) mass is 209 g/mol. The minimum Gasteiger partial charge on any atom is -0.428 e. The van der Waals surface area contributed by atoms with E-state index in [1.807, 2.05) is 18.2 Å². The molecular weight excluding hydrogens is 198 g/mol. The lowest BCUT2D eigenvalue weighted by molar-refractivity contribution is 0.589. The van der Waals surface area contributed by atoms with Crippen molar-refractivity contribution >= 4 is 22.7 Å². The Balaban J connectivity index is 2.62. The first kappa shape index (κ1) is 9.53. The molecule has 0 spiro atoms. The lowest BCUT2D eigenvalue weighted by atomic mass is 9.87. The fraction of sp³-hybridized carbons (Fsp3) is 0.364. The molecule has 0 saturated heterocycles. The summed E-state index contributed by atoms with van der Waals surface area (Å²) in [4.78, 5) is 4.09. The molecule has 0 amide bonds. The molecular formula is C11H12ClNO. The van der Waals surface area contributed by atoms with Crippen LogP contribution in [0, 0.1) is 0 Å². The summed E-state index contributed by atoms with van der Waals surface area (Å²) in [5.41, 5.74) is 2.92. The van der Waals surface area contributed by atoms with E-state index in [1.54, 1.807) is 0 Å². The molecule has 0 atom stereocenters. The van der Waals surface area contributed by atoms with E-state index >= 15 is 0 Å². The highest BCUT2D eigenvalue weighted by atomic mass is 35.5. The Kier molecular flexibility index (Phi) is 2.04. The van der Waals surface area contributed by atoms with E-state index in [4.69, 9.17) is 16.0 Å². The Hall–Kier alpha value is -1.02. The fourth-order valence-electron chi connectivity index (χ4n) is 1.37. The van der Waals surface area contributed by atoms with Crippen molar-refractivity contribution in [3.05, 3.63) is 29.1 Å². The van der Waals surface area contributed by atoms with Gasteiger partial charge in [0.2, 0.25) is 0 Å². The Bertz CT molecular complexity index is 468. The van der Waals surface area contributed by atoms with E-state index in [-0.39, 0.29) is 10.8 Å². The highest BCUT2D eigenvalue weighted by molar-refractivity contribution is 6.28. The van der Waals surface area contributed by atoms with Crippen LogP contribution in [0.5, 0.6) is 0 Å². The summed E-state index contributed by atoms with van der Waals surface area (Å²) in [5, 5.41) is 0.200. The number of halogens is 1. The van der Waals surface area contributed by atoms with Crippen LogP contribution >= 0.6 is 11.6 Å². The van der Waals surface area contributed by atoms with Crippen molar-refractivity contribution < 1.29 is 4.42 Å². The molecule has 0 radical (unpaired) electrons. The molecule has 0 aliphatic heterocycles. The van der Waals surface area contributed by atoms with Gasteiger partial charge in [0.1, 0.15) is 5.52 Å². The summed E-state index contributed by atoms with van der Waals surface area (Å²) in [5.74, 6) is 0. The van der Waals surface area contributed by atoms with E-state index in [2.05, 4.69) is 25.8 Å². The predicted molar refractivity (Wildman–Crippen MR) is 57.7 cm³/mol. The predicted octanol–water partition coefficient (Wildman–Crippen LogP) is 3.78. The maximum Gasteiger partial charge on any atom is 0.293 e. The van der Waals surface area contributed by atoms with Gasteiger partial charge in [-0.05, 0) is 34.7 Å². The van der Waals surface area contributed by atoms with Crippen LogP contribution in [0.4, 0.5) is 0 Å². The maximum absolute atomic E-state index is 5.67. The normalized spacial score (nSPS) is 12.3. The summed E-state index contributed by atoms with van der Waals surface area (Å²) in [6, 6.07) is 5.98. The zero-order chi connectivity index (χ0) is 10.3. The Morgan fingerprint density at radius 2 is 2.00 bits per heavy atom. The maximum atomic E-state index is 5.67. The first-order chi connectivity index (χ1) is 6.47. The summed E-state index contributed by atoms with van der Waals surface area (Å²) in [7, 11) is 0. The van der Waals surface area contributed by atoms with E-state index in [1.165, 1.54) is 5.56 Å². The molecule has 74 valence electrons. The number of hydrogen-bond acceptors (Lipinski definition) is 2. The highest BCUT2D eigenvalue weighted by Crippen LogP contribution is 2.27. The Morgan fingerprint density at radius 1 is 1.29 bits per heavy atom. The molecule has 3 heteroatoms. The van der Waals surface area contributed by atoms with E-state index < -0.39 is 0 Å². The zero-order valence-corrected chi connectivity index (χ0v) is 9.22. The molecule has 0 saturated carbocycles. The number of nitrogens with zero attached hydrogens (tertiary/aromatic N) is 1. The third-order valence-electron chi connectivity index (χ3n) is 2.23. The van der Waals surface area contributed by atoms with Gasteiger partial charge in [0, 0.05) is 0 Å². The zero-order valence-electron chi connectivity index (χ0n) is 8.47. The van der Waals surface area contributed by atoms with Crippen molar-refractivity contribution in [1.29, 1.82) is 0 Å². The third-order valence-corrected chi connectivity index (χ3v) is 2.39. The van der Waals surface area contributed by atoms with Crippen LogP contribution in [0.2, 0.25) is 5.35 Å². The van der Waals surface area contributed by atoms with Crippen molar-refractivity contribution in [3.8, 4) is 0 Å². The molecule has 2 nitrogen and oxygen atoms in total. The first-order valence-corrected chi connectivity index (χ1v) is 4.91. The summed E-state index contributed by atoms with van der Waals surface area (Å²) in [6.45, 7) is 6.49. The molecule has 0 bridgehead atoms. The highest BCUT2D eigenvalue weighted by Gasteiger charge is 2.15. The van der Waals surface area contributed by atoms with Crippen molar-refractivity contribution in [2.75, 3.05) is 0 Å². The van der Waals surface area contributed by atoms with Crippen LogP contribution in [-0.4, -0.2) is 4.98 Å². The summed E-state index contributed by atoms with van der Waals surface area (Å²) in [6.07, 6.45) is 0. The van der Waals surface area contributed by atoms with Gasteiger partial charge in [-0.2, -0.15) is 4.98 Å². The smallest absolute Gasteiger partial charge is 0.293 e. The number of oxazole rings is 1. The van der Waals surface area contributed by atoms with E-state index in [0.29, 0.717) is 0 Å². The lowest BCUT2D eigenvalue weighted by Gasteiger charge is -2.18. The molecule has 2 aromatic rings. The van der Waals surface area contributed by atoms with Gasteiger partial charge in [-0.1, -0.05) is 26.8 Å². The number of rotatable bonds is 0. The van der Waals surface area contributed by atoms with Gasteiger partial charge in [-0.15, -0.1) is 0 Å². The van der Waals surface area contributed by atoms with Gasteiger partial charge < -0.3 is 4.42 Å². The molecule has 0 unspecified atom stereocenters. The van der Waals surface area contributed by atoms with Crippen LogP contribution < -0.4 is 0 Å². The van der Waals surface area contributed by atoms with Crippen LogP contribution in [0.25, 0.3) is 11.1 Å². The number of fused-ring (bicyclic) bond motifs is 1. The second-order valence-corrected chi connectivity index (χ2v) is 4.72. The van der Waals surface area contributed by atoms with Gasteiger partial charge >= 0.3 is 0 Å². The largest absolute Gasteiger partial charge is 0.428 e. The first-order valence-electron chi connectivity index (χ1n) is 4.53. The molecule has 1 heterocycles. The SMILES string of the molecule is CC(C)(C)c1ccc2oc(Cl)nc2c1. The van der Waals surface area contributed by atoms with Gasteiger partial charge in [0.15, 0.2) is 5.58 Å². The number of benzene rings is 1. The molecule has 1 aromatic carbocycles. The minimum absolute atomic E-state index is 0.125. The molecule has 14 heavy (non-hydrogen) atoms. The van der Waals surface area contributed by atoms with Crippen molar-refractivity contribution in [2.45, 2.75) is 26.2 Å². The summed E-state index contributed by atoms with van der Waals surface area (Å²) < 4.78 is 5.19. The van der Waals surface area contributed by atoms with Crippen molar-refractivity contribution in [3.63, 3.8) is 0 Å². The Morgan fingerprint density at radius 3 is 2.64 bits per heavy atom. The summed E-state index contributed by atoms with van der Waals surface area (Å²) >= 11 is 5.67. The van der Waals surface area contributed by atoms with Gasteiger partial charge in [-0.3, -0.25) is 0 Å². The standard InChI is InChI=1S/C11H12ClNO/c1-11(2,3)7-4-5-9-8(6-7)13-10(12)14-9/h4-6H,1-3H3. The van der Waals surface area contributed by atoms with Crippen LogP contribution in [0.1, 0.15) is 26.3 Å². The van der Waals surface area contributed by atoms with Crippen molar-refractivity contribution in [1.82, 2.24) is 4.98 Å². The van der Waals surface area contributed by atoms with E-state index in [9.17, 15) is 0 Å². The molecule has 0 N–H and O–H groups in total. The van der Waals surface area contributed by atoms with Gasteiger partial charge in [0.05, 0.1) is 0 Å². The minimum atomic E-state index is 0.125. The topological polar surface area (TPSA) is 26.0 Å². The van der Waals surface area contributed by atoms with Gasteiger partial charge in [-0.25, -0.2) is 0 Å². The molecule has 0 fully saturated rings. The van der Waals surface area contributed by atoms with Crippen molar-refractivity contribution in [2.24, 2.45) is 0 Å². The molecule has 0 aliphatic rings. The lowest BCUT2D eigenvalue weighted by Crippen LogP contribution is -2.10. The number of aromatic nitrogens is 1. The Labute approximate surface area is 87.9 Å². The van der Waals surface area contributed by atoms with Crippen LogP contribution in [0.3, 0.4) is 0 Å². The third kappa shape index (κ3) is 1.62. The van der Waals surface area contributed by atoms with Crippen LogP contribution in [0.15, 0.2) is 22.6 Å². The van der Waals surface area contributed by atoms with E-state index in [0.717, 1.165) is 11.1 Å². The van der Waals surface area contributed by atoms with Gasteiger partial charge in [0.25, 0.3) is 5.35 Å². The fourth-order valence-corrected chi connectivity index (χ4v) is 1.54. The second-order valence-electron chi connectivity index (χ2n) is 4.40. The average molecular weight is 210 g/mol. The molecule has 1 aromatic heterocycles. The second kappa shape index (κ2) is 2.99. The molecule has 2 rings (SSSR count). The average Bonchev–Trinajstić information content (AvgIpc) is 2.41. The molecule has 0 aliphatic carbocycles.